The van der Waals surface area contributed by atoms with E-state index in [9.17, 15) is 4.79 Å². The maximum Gasteiger partial charge on any atom is 0.339 e. The molecule has 0 saturated carbocycles. The third-order valence-corrected chi connectivity index (χ3v) is 2.12. The minimum atomic E-state index is -1.02. The lowest BCUT2D eigenvalue weighted by atomic mass is 10.2. The monoisotopic (exact) mass is 211 g/mol. The molecule has 2 heterocycles. The Morgan fingerprint density at radius 2 is 2.29 bits per heavy atom. The molecule has 0 bridgehead atoms. The summed E-state index contributed by atoms with van der Waals surface area (Å²) in [4.78, 5) is 14.7. The average Bonchev–Trinajstić information content (AvgIpc) is 2.39. The molecule has 0 radical (unpaired) electrons. The van der Waals surface area contributed by atoms with E-state index in [2.05, 4.69) is 4.98 Å². The first-order valence-electron chi connectivity index (χ1n) is 3.88. The van der Waals surface area contributed by atoms with Crippen LogP contribution < -0.4 is 0 Å². The number of nitrogens with zero attached hydrogens (tertiary/aromatic N) is 1. The summed E-state index contributed by atoms with van der Waals surface area (Å²) >= 11 is 5.64. The molecule has 0 unspecified atom stereocenters. The van der Waals surface area contributed by atoms with Crippen molar-refractivity contribution in [3.63, 3.8) is 0 Å². The SMILES string of the molecule is Cc1oc2nc(Cl)ccc2c1C(=O)O. The van der Waals surface area contributed by atoms with E-state index in [0.29, 0.717) is 11.1 Å². The summed E-state index contributed by atoms with van der Waals surface area (Å²) in [6.07, 6.45) is 0. The largest absolute Gasteiger partial charge is 0.478 e. The van der Waals surface area contributed by atoms with E-state index in [4.69, 9.17) is 21.1 Å². The number of carboxylic acids is 1. The van der Waals surface area contributed by atoms with Crippen molar-refractivity contribution >= 4 is 28.7 Å². The van der Waals surface area contributed by atoms with Gasteiger partial charge in [-0.25, -0.2) is 9.78 Å². The van der Waals surface area contributed by atoms with E-state index in [1.54, 1.807) is 13.0 Å². The van der Waals surface area contributed by atoms with Gasteiger partial charge in [0.1, 0.15) is 16.5 Å². The first kappa shape index (κ1) is 9.02. The summed E-state index contributed by atoms with van der Waals surface area (Å²) in [7, 11) is 0. The predicted molar refractivity (Wildman–Crippen MR) is 50.7 cm³/mol. The standard InChI is InChI=1S/C9H6ClNO3/c1-4-7(9(12)13)5-2-3-6(10)11-8(5)14-4/h2-3H,1H3,(H,12,13). The minimum absolute atomic E-state index is 0.143. The van der Waals surface area contributed by atoms with Crippen molar-refractivity contribution in [2.75, 3.05) is 0 Å². The van der Waals surface area contributed by atoms with E-state index in [-0.39, 0.29) is 16.4 Å². The summed E-state index contributed by atoms with van der Waals surface area (Å²) in [6, 6.07) is 3.12. The summed E-state index contributed by atoms with van der Waals surface area (Å²) in [6.45, 7) is 1.58. The molecule has 0 aromatic carbocycles. The molecule has 5 heteroatoms. The number of carboxylic acid groups (broad SMARTS) is 1. The van der Waals surface area contributed by atoms with Gasteiger partial charge < -0.3 is 9.52 Å². The van der Waals surface area contributed by atoms with Crippen LogP contribution >= 0.6 is 11.6 Å². The lowest BCUT2D eigenvalue weighted by Crippen LogP contribution is -1.96. The molecule has 0 aliphatic heterocycles. The number of hydrogen-bond acceptors (Lipinski definition) is 3. The molecule has 0 aliphatic rings. The van der Waals surface area contributed by atoms with Crippen molar-refractivity contribution in [2.24, 2.45) is 0 Å². The van der Waals surface area contributed by atoms with Crippen LogP contribution in [-0.2, 0) is 0 Å². The Morgan fingerprint density at radius 1 is 1.57 bits per heavy atom. The quantitative estimate of drug-likeness (QED) is 0.736. The number of aromatic nitrogens is 1. The smallest absolute Gasteiger partial charge is 0.339 e. The lowest BCUT2D eigenvalue weighted by Gasteiger charge is -1.90. The van der Waals surface area contributed by atoms with Crippen LogP contribution in [0.1, 0.15) is 16.1 Å². The molecule has 14 heavy (non-hydrogen) atoms. The van der Waals surface area contributed by atoms with Gasteiger partial charge >= 0.3 is 5.97 Å². The molecule has 2 aromatic heterocycles. The molecular weight excluding hydrogens is 206 g/mol. The van der Waals surface area contributed by atoms with Crippen LogP contribution in [0.25, 0.3) is 11.1 Å². The zero-order chi connectivity index (χ0) is 10.3. The maximum absolute atomic E-state index is 10.9. The molecule has 0 atom stereocenters. The number of carbonyl (C=O) groups is 1. The predicted octanol–water partition coefficient (Wildman–Crippen LogP) is 2.49. The average molecular weight is 212 g/mol. The Labute approximate surface area is 84.1 Å². The summed E-state index contributed by atoms with van der Waals surface area (Å²) in [5, 5.41) is 9.65. The Morgan fingerprint density at radius 3 is 2.93 bits per heavy atom. The molecule has 72 valence electrons. The van der Waals surface area contributed by atoms with Gasteiger partial charge in [0.25, 0.3) is 0 Å². The second-order valence-electron chi connectivity index (χ2n) is 2.83. The number of halogens is 1. The van der Waals surface area contributed by atoms with Gasteiger partial charge in [-0.1, -0.05) is 11.6 Å². The minimum Gasteiger partial charge on any atom is -0.478 e. The van der Waals surface area contributed by atoms with E-state index < -0.39 is 5.97 Å². The number of pyridine rings is 1. The van der Waals surface area contributed by atoms with Crippen molar-refractivity contribution < 1.29 is 14.3 Å². The van der Waals surface area contributed by atoms with Crippen LogP contribution in [0.4, 0.5) is 0 Å². The highest BCUT2D eigenvalue weighted by atomic mass is 35.5. The van der Waals surface area contributed by atoms with Gasteiger partial charge in [-0.15, -0.1) is 0 Å². The third-order valence-electron chi connectivity index (χ3n) is 1.91. The highest BCUT2D eigenvalue weighted by Gasteiger charge is 2.17. The molecular formula is C9H6ClNO3. The van der Waals surface area contributed by atoms with Gasteiger partial charge in [0.15, 0.2) is 0 Å². The van der Waals surface area contributed by atoms with E-state index in [0.717, 1.165) is 0 Å². The van der Waals surface area contributed by atoms with E-state index in [1.165, 1.54) is 6.07 Å². The fraction of sp³-hybridized carbons (Fsp3) is 0.111. The topological polar surface area (TPSA) is 63.3 Å². The maximum atomic E-state index is 10.9. The Kier molecular flexibility index (Phi) is 1.93. The molecule has 0 saturated heterocycles. The van der Waals surface area contributed by atoms with Crippen LogP contribution in [0, 0.1) is 6.92 Å². The Bertz CT molecular complexity index is 518. The van der Waals surface area contributed by atoms with Crippen molar-refractivity contribution in [1.82, 2.24) is 4.98 Å². The van der Waals surface area contributed by atoms with Gasteiger partial charge in [0.2, 0.25) is 5.71 Å². The molecule has 0 aliphatic carbocycles. The van der Waals surface area contributed by atoms with Crippen molar-refractivity contribution in [2.45, 2.75) is 6.92 Å². The zero-order valence-corrected chi connectivity index (χ0v) is 8.00. The number of fused-ring (bicyclic) bond motifs is 1. The van der Waals surface area contributed by atoms with Crippen LogP contribution in [0.15, 0.2) is 16.5 Å². The van der Waals surface area contributed by atoms with Crippen LogP contribution in [0.2, 0.25) is 5.15 Å². The molecule has 0 fully saturated rings. The Hall–Kier alpha value is -1.55. The number of aromatic carboxylic acids is 1. The van der Waals surface area contributed by atoms with Gasteiger partial charge in [0, 0.05) is 0 Å². The van der Waals surface area contributed by atoms with Crippen LogP contribution in [0.3, 0.4) is 0 Å². The number of aryl methyl sites for hydroxylation is 1. The molecule has 2 aromatic rings. The van der Waals surface area contributed by atoms with E-state index >= 15 is 0 Å². The van der Waals surface area contributed by atoms with Gasteiger partial charge in [-0.3, -0.25) is 0 Å². The summed E-state index contributed by atoms with van der Waals surface area (Å²) < 4.78 is 5.16. The first-order valence-corrected chi connectivity index (χ1v) is 4.26. The fourth-order valence-corrected chi connectivity index (χ4v) is 1.48. The molecule has 4 nitrogen and oxygen atoms in total. The third kappa shape index (κ3) is 1.24. The summed E-state index contributed by atoms with van der Waals surface area (Å²) in [5.74, 6) is -0.687. The second kappa shape index (κ2) is 2.99. The van der Waals surface area contributed by atoms with Gasteiger partial charge in [-0.05, 0) is 19.1 Å². The van der Waals surface area contributed by atoms with Crippen molar-refractivity contribution in [3.05, 3.63) is 28.6 Å². The second-order valence-corrected chi connectivity index (χ2v) is 3.21. The van der Waals surface area contributed by atoms with Crippen molar-refractivity contribution in [1.29, 1.82) is 0 Å². The molecule has 0 spiro atoms. The van der Waals surface area contributed by atoms with Crippen LogP contribution in [0.5, 0.6) is 0 Å². The highest BCUT2D eigenvalue weighted by molar-refractivity contribution is 6.29. The van der Waals surface area contributed by atoms with E-state index in [1.807, 2.05) is 0 Å². The molecule has 2 rings (SSSR count). The summed E-state index contributed by atoms with van der Waals surface area (Å²) in [5.41, 5.74) is 0.400. The zero-order valence-electron chi connectivity index (χ0n) is 7.24. The van der Waals surface area contributed by atoms with Gasteiger partial charge in [0.05, 0.1) is 5.39 Å². The molecule has 0 amide bonds. The number of hydrogen-bond donors (Lipinski definition) is 1. The normalized spacial score (nSPS) is 10.7. The highest BCUT2D eigenvalue weighted by Crippen LogP contribution is 2.25. The Balaban J connectivity index is 2.84. The molecule has 1 N–H and O–H groups in total. The number of furan rings is 1. The number of rotatable bonds is 1. The first-order chi connectivity index (χ1) is 6.59. The van der Waals surface area contributed by atoms with Crippen molar-refractivity contribution in [3.8, 4) is 0 Å². The lowest BCUT2D eigenvalue weighted by molar-refractivity contribution is 0.0697. The van der Waals surface area contributed by atoms with Gasteiger partial charge in [-0.2, -0.15) is 0 Å². The fourth-order valence-electron chi connectivity index (χ4n) is 1.34. The van der Waals surface area contributed by atoms with Crippen LogP contribution in [-0.4, -0.2) is 16.1 Å².